The van der Waals surface area contributed by atoms with Crippen molar-refractivity contribution in [2.45, 2.75) is 37.8 Å². The van der Waals surface area contributed by atoms with Crippen LogP contribution in [0.5, 0.6) is 0 Å². The molecule has 2 nitrogen and oxygen atoms in total. The second-order valence-corrected chi connectivity index (χ2v) is 5.12. The Morgan fingerprint density at radius 1 is 1.14 bits per heavy atom. The Balaban J connectivity index is 1.83. The molecule has 2 aliphatic heterocycles. The van der Waals surface area contributed by atoms with Gasteiger partial charge in [-0.1, -0.05) is 0 Å². The zero-order valence-electron chi connectivity index (χ0n) is 9.15. The third-order valence-corrected chi connectivity index (χ3v) is 4.25. The van der Waals surface area contributed by atoms with Crippen LogP contribution in [0.2, 0.25) is 0 Å². The maximum atomic E-state index is 4.44. The van der Waals surface area contributed by atoms with Crippen LogP contribution in [-0.2, 0) is 0 Å². The highest BCUT2D eigenvalue weighted by atomic mass is 32.1. The van der Waals surface area contributed by atoms with Gasteiger partial charge in [0.25, 0.3) is 0 Å². The van der Waals surface area contributed by atoms with Crippen molar-refractivity contribution in [3.05, 3.63) is 0 Å². The normalized spacial score (nSPS) is 35.6. The van der Waals surface area contributed by atoms with Crippen molar-refractivity contribution in [1.82, 2.24) is 9.80 Å². The van der Waals surface area contributed by atoms with Gasteiger partial charge in [0.2, 0.25) is 0 Å². The Labute approximate surface area is 93.1 Å². The minimum atomic E-state index is 0.757. The van der Waals surface area contributed by atoms with Gasteiger partial charge in [0.05, 0.1) is 0 Å². The lowest BCUT2D eigenvalue weighted by atomic mass is 10.2. The Bertz CT molecular complexity index is 186. The number of nitrogens with zero attached hydrogens (tertiary/aromatic N) is 2. The van der Waals surface area contributed by atoms with Gasteiger partial charge in [-0.15, -0.1) is 0 Å². The molecule has 2 saturated heterocycles. The monoisotopic (exact) mass is 214 g/mol. The number of rotatable bonds is 3. The molecule has 2 aliphatic rings. The van der Waals surface area contributed by atoms with Gasteiger partial charge in [-0.2, -0.15) is 12.6 Å². The van der Waals surface area contributed by atoms with Gasteiger partial charge in [-0.05, 0) is 45.8 Å². The van der Waals surface area contributed by atoms with E-state index in [0.717, 1.165) is 17.8 Å². The second kappa shape index (κ2) is 4.86. The van der Waals surface area contributed by atoms with E-state index in [4.69, 9.17) is 0 Å². The van der Waals surface area contributed by atoms with Crippen LogP contribution in [0.4, 0.5) is 0 Å². The summed E-state index contributed by atoms with van der Waals surface area (Å²) in [5, 5.41) is 0. The van der Waals surface area contributed by atoms with Crippen molar-refractivity contribution in [1.29, 1.82) is 0 Å². The molecular formula is C11H22N2S. The predicted molar refractivity (Wildman–Crippen MR) is 64.1 cm³/mol. The van der Waals surface area contributed by atoms with Crippen molar-refractivity contribution in [2.75, 3.05) is 32.4 Å². The standard InChI is InChI=1S/C11H22N2S/c1-12-6-2-4-10(12)8-13-7-3-5-11(13)9-14/h10-11,14H,2-9H2,1H3/t10-,11-/m0/s1. The van der Waals surface area contributed by atoms with Crippen molar-refractivity contribution in [2.24, 2.45) is 0 Å². The zero-order valence-corrected chi connectivity index (χ0v) is 10.0. The second-order valence-electron chi connectivity index (χ2n) is 4.75. The number of hydrogen-bond acceptors (Lipinski definition) is 3. The summed E-state index contributed by atoms with van der Waals surface area (Å²) < 4.78 is 0. The summed E-state index contributed by atoms with van der Waals surface area (Å²) in [6.45, 7) is 3.88. The van der Waals surface area contributed by atoms with Crippen molar-refractivity contribution in [3.8, 4) is 0 Å². The molecule has 2 rings (SSSR count). The lowest BCUT2D eigenvalue weighted by Gasteiger charge is -2.29. The third-order valence-electron chi connectivity index (χ3n) is 3.83. The molecule has 0 bridgehead atoms. The quantitative estimate of drug-likeness (QED) is 0.711. The van der Waals surface area contributed by atoms with E-state index in [0.29, 0.717) is 0 Å². The molecule has 2 fully saturated rings. The van der Waals surface area contributed by atoms with Gasteiger partial charge in [0.1, 0.15) is 0 Å². The van der Waals surface area contributed by atoms with Crippen LogP contribution in [0.15, 0.2) is 0 Å². The minimum absolute atomic E-state index is 0.757. The molecule has 0 N–H and O–H groups in total. The summed E-state index contributed by atoms with van der Waals surface area (Å²) in [4.78, 5) is 5.17. The lowest BCUT2D eigenvalue weighted by molar-refractivity contribution is 0.190. The molecule has 0 radical (unpaired) electrons. The Hall–Kier alpha value is 0.270. The van der Waals surface area contributed by atoms with Crippen LogP contribution < -0.4 is 0 Å². The van der Waals surface area contributed by atoms with Gasteiger partial charge < -0.3 is 4.90 Å². The van der Waals surface area contributed by atoms with E-state index in [2.05, 4.69) is 29.5 Å². The van der Waals surface area contributed by atoms with Crippen LogP contribution in [0.3, 0.4) is 0 Å². The number of thiol groups is 1. The summed E-state index contributed by atoms with van der Waals surface area (Å²) in [6.07, 6.45) is 5.52. The van der Waals surface area contributed by atoms with Crippen LogP contribution >= 0.6 is 12.6 Å². The van der Waals surface area contributed by atoms with Gasteiger partial charge in [0, 0.05) is 24.4 Å². The average Bonchev–Trinajstić information content (AvgIpc) is 2.77. The molecule has 0 aromatic rings. The van der Waals surface area contributed by atoms with E-state index in [-0.39, 0.29) is 0 Å². The van der Waals surface area contributed by atoms with Crippen LogP contribution in [0.1, 0.15) is 25.7 Å². The van der Waals surface area contributed by atoms with Crippen LogP contribution in [0, 0.1) is 0 Å². The highest BCUT2D eigenvalue weighted by Gasteiger charge is 2.28. The lowest BCUT2D eigenvalue weighted by Crippen LogP contribution is -2.41. The zero-order chi connectivity index (χ0) is 9.97. The first-order chi connectivity index (χ1) is 6.81. The molecule has 82 valence electrons. The van der Waals surface area contributed by atoms with Crippen LogP contribution in [-0.4, -0.2) is 54.3 Å². The van der Waals surface area contributed by atoms with Crippen LogP contribution in [0.25, 0.3) is 0 Å². The van der Waals surface area contributed by atoms with Gasteiger partial charge in [0.15, 0.2) is 0 Å². The fraction of sp³-hybridized carbons (Fsp3) is 1.00. The first-order valence-electron chi connectivity index (χ1n) is 5.86. The maximum Gasteiger partial charge on any atom is 0.0220 e. The van der Waals surface area contributed by atoms with E-state index < -0.39 is 0 Å². The van der Waals surface area contributed by atoms with Gasteiger partial charge in [-0.25, -0.2) is 0 Å². The highest BCUT2D eigenvalue weighted by molar-refractivity contribution is 7.80. The highest BCUT2D eigenvalue weighted by Crippen LogP contribution is 2.22. The molecule has 0 aromatic carbocycles. The van der Waals surface area contributed by atoms with E-state index in [1.807, 2.05) is 0 Å². The summed E-state index contributed by atoms with van der Waals surface area (Å²) in [6, 6.07) is 1.57. The fourth-order valence-corrected chi connectivity index (χ4v) is 3.24. The van der Waals surface area contributed by atoms with Crippen molar-refractivity contribution >= 4 is 12.6 Å². The molecule has 14 heavy (non-hydrogen) atoms. The Kier molecular flexibility index (Phi) is 3.74. The first-order valence-corrected chi connectivity index (χ1v) is 6.49. The largest absolute Gasteiger partial charge is 0.302 e. The molecule has 0 amide bonds. The van der Waals surface area contributed by atoms with Gasteiger partial charge >= 0.3 is 0 Å². The van der Waals surface area contributed by atoms with Crippen molar-refractivity contribution in [3.63, 3.8) is 0 Å². The minimum Gasteiger partial charge on any atom is -0.302 e. The molecule has 0 spiro atoms. The molecule has 0 unspecified atom stereocenters. The Morgan fingerprint density at radius 2 is 1.86 bits per heavy atom. The average molecular weight is 214 g/mol. The van der Waals surface area contributed by atoms with E-state index >= 15 is 0 Å². The number of likely N-dealkylation sites (N-methyl/N-ethyl adjacent to an activating group) is 1. The van der Waals surface area contributed by atoms with E-state index in [1.54, 1.807) is 0 Å². The molecule has 0 saturated carbocycles. The topological polar surface area (TPSA) is 6.48 Å². The summed E-state index contributed by atoms with van der Waals surface area (Å²) in [7, 11) is 2.27. The molecule has 0 aromatic heterocycles. The number of likely N-dealkylation sites (tertiary alicyclic amines) is 2. The maximum absolute atomic E-state index is 4.44. The molecule has 0 aliphatic carbocycles. The third kappa shape index (κ3) is 2.26. The van der Waals surface area contributed by atoms with E-state index in [1.165, 1.54) is 45.3 Å². The molecule has 3 heteroatoms. The Morgan fingerprint density at radius 3 is 2.50 bits per heavy atom. The molecular weight excluding hydrogens is 192 g/mol. The van der Waals surface area contributed by atoms with Crippen molar-refractivity contribution < 1.29 is 0 Å². The molecule has 2 atom stereocenters. The smallest absolute Gasteiger partial charge is 0.0220 e. The fourth-order valence-electron chi connectivity index (χ4n) is 2.82. The summed E-state index contributed by atoms with van der Waals surface area (Å²) in [5.74, 6) is 1.04. The first kappa shape index (κ1) is 10.8. The predicted octanol–water partition coefficient (Wildman–Crippen LogP) is 1.47. The summed E-state index contributed by atoms with van der Waals surface area (Å²) >= 11 is 4.44. The molecule has 2 heterocycles. The van der Waals surface area contributed by atoms with E-state index in [9.17, 15) is 0 Å². The van der Waals surface area contributed by atoms with Gasteiger partial charge in [-0.3, -0.25) is 4.90 Å². The number of hydrogen-bond donors (Lipinski definition) is 1. The SMILES string of the molecule is CN1CCC[C@H]1CN1CCC[C@H]1CS. The summed E-state index contributed by atoms with van der Waals surface area (Å²) in [5.41, 5.74) is 0.